The Hall–Kier alpha value is -4.33. The van der Waals surface area contributed by atoms with Crippen molar-refractivity contribution in [3.05, 3.63) is 85.5 Å². The van der Waals surface area contributed by atoms with Crippen LogP contribution in [0.3, 0.4) is 0 Å². The number of imidazole rings is 1. The zero-order valence-electron chi connectivity index (χ0n) is 19.4. The second-order valence-electron chi connectivity index (χ2n) is 7.42. The Morgan fingerprint density at radius 1 is 1.19 bits per heavy atom. The van der Waals surface area contributed by atoms with Crippen LogP contribution in [0, 0.1) is 33.0 Å². The summed E-state index contributed by atoms with van der Waals surface area (Å²) in [5, 5.41) is 27.0. The topological polar surface area (TPSA) is 155 Å². The minimum Gasteiger partial charge on any atom is -0.490 e. The molecule has 1 heterocycles. The number of thioether (sulfide) groups is 1. The van der Waals surface area contributed by atoms with Gasteiger partial charge in [-0.25, -0.2) is 9.82 Å². The molecular formula is C22H21FN6O6S. The third-order valence-electron chi connectivity index (χ3n) is 5.00. The van der Waals surface area contributed by atoms with E-state index in [4.69, 9.17) is 4.74 Å². The van der Waals surface area contributed by atoms with Crippen molar-refractivity contribution in [1.82, 2.24) is 15.0 Å². The fourth-order valence-corrected chi connectivity index (χ4v) is 4.14. The summed E-state index contributed by atoms with van der Waals surface area (Å²) >= 11 is 0.887. The van der Waals surface area contributed by atoms with Crippen LogP contribution < -0.4 is 10.2 Å². The molecule has 0 radical (unpaired) electrons. The first-order chi connectivity index (χ1) is 17.1. The van der Waals surface area contributed by atoms with Crippen molar-refractivity contribution < 1.29 is 23.8 Å². The lowest BCUT2D eigenvalue weighted by atomic mass is 10.1. The monoisotopic (exact) mass is 516 g/mol. The molecule has 0 aliphatic carbocycles. The van der Waals surface area contributed by atoms with Gasteiger partial charge >= 0.3 is 11.5 Å². The highest BCUT2D eigenvalue weighted by Gasteiger charge is 2.27. The number of amides is 1. The van der Waals surface area contributed by atoms with Gasteiger partial charge in [0.2, 0.25) is 11.7 Å². The molecule has 1 aromatic heterocycles. The Balaban J connectivity index is 1.79. The van der Waals surface area contributed by atoms with Crippen molar-refractivity contribution >= 4 is 34.9 Å². The van der Waals surface area contributed by atoms with Gasteiger partial charge in [-0.05, 0) is 46.2 Å². The lowest BCUT2D eigenvalue weighted by molar-refractivity contribution is -0.392. The smallest absolute Gasteiger partial charge is 0.396 e. The molecule has 0 saturated heterocycles. The van der Waals surface area contributed by atoms with Crippen LogP contribution in [0.5, 0.6) is 5.75 Å². The van der Waals surface area contributed by atoms with Crippen molar-refractivity contribution in [3.63, 3.8) is 0 Å². The van der Waals surface area contributed by atoms with E-state index in [9.17, 15) is 29.4 Å². The molecule has 3 rings (SSSR count). The van der Waals surface area contributed by atoms with Crippen LogP contribution in [0.2, 0.25) is 0 Å². The molecular weight excluding hydrogens is 495 g/mol. The first kappa shape index (κ1) is 26.3. The number of methoxy groups -OCH3 is 1. The van der Waals surface area contributed by atoms with Crippen LogP contribution >= 0.6 is 11.8 Å². The van der Waals surface area contributed by atoms with Gasteiger partial charge < -0.3 is 14.9 Å². The van der Waals surface area contributed by atoms with Gasteiger partial charge in [0.1, 0.15) is 5.82 Å². The summed E-state index contributed by atoms with van der Waals surface area (Å²) in [6, 6.07) is 9.93. The van der Waals surface area contributed by atoms with Crippen LogP contribution in [0.25, 0.3) is 0 Å². The highest BCUT2D eigenvalue weighted by atomic mass is 32.2. The second-order valence-corrected chi connectivity index (χ2v) is 8.39. The molecule has 2 aromatic carbocycles. The van der Waals surface area contributed by atoms with E-state index in [0.29, 0.717) is 22.7 Å². The number of nitro benzene ring substituents is 1. The highest BCUT2D eigenvalue weighted by Crippen LogP contribution is 2.32. The van der Waals surface area contributed by atoms with E-state index in [-0.39, 0.29) is 28.8 Å². The molecule has 0 aliphatic rings. The number of carbonyl (C=O) groups is 1. The van der Waals surface area contributed by atoms with Gasteiger partial charge in [-0.2, -0.15) is 5.10 Å². The normalized spacial score (nSPS) is 11.3. The molecule has 0 spiro atoms. The van der Waals surface area contributed by atoms with Crippen molar-refractivity contribution in [2.45, 2.75) is 25.4 Å². The van der Waals surface area contributed by atoms with Gasteiger partial charge in [0.05, 0.1) is 30.0 Å². The number of benzene rings is 2. The van der Waals surface area contributed by atoms with E-state index in [0.717, 1.165) is 11.8 Å². The fraction of sp³-hybridized carbons (Fsp3) is 0.227. The van der Waals surface area contributed by atoms with Crippen LogP contribution in [-0.2, 0) is 11.3 Å². The first-order valence-corrected chi connectivity index (χ1v) is 11.3. The van der Waals surface area contributed by atoms with Crippen molar-refractivity contribution in [2.24, 2.45) is 5.10 Å². The van der Waals surface area contributed by atoms with Gasteiger partial charge in [-0.15, -0.1) is 0 Å². The molecule has 1 N–H and O–H groups in total. The molecule has 0 atom stereocenters. The Kier molecular flexibility index (Phi) is 8.32. The zero-order valence-corrected chi connectivity index (χ0v) is 20.2. The molecule has 36 heavy (non-hydrogen) atoms. The van der Waals surface area contributed by atoms with E-state index < -0.39 is 27.4 Å². The number of aromatic nitrogens is 2. The number of nitrogens with zero attached hydrogens (tertiary/aromatic N) is 5. The molecule has 0 fully saturated rings. The third kappa shape index (κ3) is 6.21. The average Bonchev–Trinajstić information content (AvgIpc) is 3.16. The lowest BCUT2D eigenvalue weighted by Gasteiger charge is -2.09. The summed E-state index contributed by atoms with van der Waals surface area (Å²) in [7, 11) is 1.32. The number of ether oxygens (including phenoxy) is 1. The van der Waals surface area contributed by atoms with Gasteiger partial charge in [-0.1, -0.05) is 30.0 Å². The van der Waals surface area contributed by atoms with E-state index in [1.165, 1.54) is 48.1 Å². The average molecular weight is 517 g/mol. The lowest BCUT2D eigenvalue weighted by Crippen LogP contribution is -2.21. The zero-order chi connectivity index (χ0) is 26.4. The predicted octanol–water partition coefficient (Wildman–Crippen LogP) is 3.84. The fourth-order valence-electron chi connectivity index (χ4n) is 3.20. The van der Waals surface area contributed by atoms with Gasteiger partial charge in [0.25, 0.3) is 0 Å². The number of carbonyl (C=O) groups excluding carboxylic acids is 1. The van der Waals surface area contributed by atoms with Crippen LogP contribution in [-0.4, -0.2) is 43.9 Å². The van der Waals surface area contributed by atoms with Crippen molar-refractivity contribution in [2.75, 3.05) is 12.9 Å². The van der Waals surface area contributed by atoms with E-state index >= 15 is 0 Å². The minimum atomic E-state index is -0.656. The SMILES string of the molecule is COc1ccc(Cn2c(C)nc([N+](=O)[O-])c2SCC(=O)NN=C(C)c2ccc(F)cc2)cc1[N+](=O)[O-]. The second kappa shape index (κ2) is 11.4. The number of hydrogen-bond donors (Lipinski definition) is 1. The molecule has 12 nitrogen and oxygen atoms in total. The maximum atomic E-state index is 13.1. The van der Waals surface area contributed by atoms with Gasteiger partial charge in [0, 0.05) is 13.0 Å². The summed E-state index contributed by atoms with van der Waals surface area (Å²) in [5.41, 5.74) is 3.67. The number of rotatable bonds is 10. The number of aryl methyl sites for hydroxylation is 1. The maximum Gasteiger partial charge on any atom is 0.396 e. The van der Waals surface area contributed by atoms with E-state index in [1.807, 2.05) is 0 Å². The Morgan fingerprint density at radius 3 is 2.50 bits per heavy atom. The highest BCUT2D eigenvalue weighted by molar-refractivity contribution is 8.00. The van der Waals surface area contributed by atoms with Crippen LogP contribution in [0.1, 0.15) is 23.9 Å². The molecule has 3 aromatic rings. The Bertz CT molecular complexity index is 1340. The molecule has 0 unspecified atom stereocenters. The predicted molar refractivity (Wildman–Crippen MR) is 130 cm³/mol. The van der Waals surface area contributed by atoms with Crippen molar-refractivity contribution in [1.29, 1.82) is 0 Å². The third-order valence-corrected chi connectivity index (χ3v) is 6.08. The summed E-state index contributed by atoms with van der Waals surface area (Å²) in [6.07, 6.45) is 0. The van der Waals surface area contributed by atoms with E-state index in [1.54, 1.807) is 19.9 Å². The summed E-state index contributed by atoms with van der Waals surface area (Å²) in [5.74, 6) is -1.19. The largest absolute Gasteiger partial charge is 0.490 e. The van der Waals surface area contributed by atoms with Gasteiger partial charge in [0.15, 0.2) is 10.8 Å². The molecule has 1 amide bonds. The van der Waals surface area contributed by atoms with Gasteiger partial charge in [-0.3, -0.25) is 19.5 Å². The minimum absolute atomic E-state index is 0.0449. The number of hydrogen-bond acceptors (Lipinski definition) is 9. The Labute approximate surface area is 208 Å². The quantitative estimate of drug-likeness (QED) is 0.184. The molecule has 14 heteroatoms. The molecule has 188 valence electrons. The summed E-state index contributed by atoms with van der Waals surface area (Å²) in [6.45, 7) is 3.24. The number of nitrogens with one attached hydrogen (secondary N) is 1. The molecule has 0 bridgehead atoms. The van der Waals surface area contributed by atoms with Crippen molar-refractivity contribution in [3.8, 4) is 5.75 Å². The molecule has 0 saturated carbocycles. The van der Waals surface area contributed by atoms with Crippen LogP contribution in [0.4, 0.5) is 15.9 Å². The van der Waals surface area contributed by atoms with E-state index in [2.05, 4.69) is 15.5 Å². The Morgan fingerprint density at radius 2 is 1.89 bits per heavy atom. The molecule has 0 aliphatic heterocycles. The first-order valence-electron chi connectivity index (χ1n) is 10.4. The summed E-state index contributed by atoms with van der Waals surface area (Å²) < 4.78 is 19.6. The standard InChI is InChI=1S/C22H21FN6O6S/c1-13(16-5-7-17(23)8-6-16)25-26-20(30)12-36-22-21(29(33)34)24-14(2)27(22)11-15-4-9-19(35-3)18(10-15)28(31)32/h4-10H,11-12H2,1-3H3,(H,26,30). The number of halogens is 1. The number of hydrazone groups is 1. The number of nitro groups is 2. The maximum absolute atomic E-state index is 13.1. The van der Waals surface area contributed by atoms with Crippen LogP contribution in [0.15, 0.2) is 52.6 Å². The summed E-state index contributed by atoms with van der Waals surface area (Å²) in [4.78, 5) is 38.0.